The lowest BCUT2D eigenvalue weighted by atomic mass is 9.95. The van der Waals surface area contributed by atoms with Gasteiger partial charge in [0.05, 0.1) is 0 Å². The minimum atomic E-state index is -3.31. The zero-order valence-corrected chi connectivity index (χ0v) is 17.4. The van der Waals surface area contributed by atoms with Crippen LogP contribution in [0, 0.1) is 11.8 Å². The molecule has 3 aliphatic heterocycles. The zero-order valence-electron chi connectivity index (χ0n) is 15.8. The first kappa shape index (κ1) is 19.3. The Kier molecular flexibility index (Phi) is 5.90. The first-order valence-electron chi connectivity index (χ1n) is 9.25. The van der Waals surface area contributed by atoms with Crippen molar-refractivity contribution in [1.82, 2.24) is 13.5 Å². The summed E-state index contributed by atoms with van der Waals surface area (Å²) in [5, 5.41) is 0. The first-order chi connectivity index (χ1) is 11.8. The van der Waals surface area contributed by atoms with Crippen molar-refractivity contribution >= 4 is 21.5 Å². The number of hydrogen-bond donors (Lipinski definition) is 0. The molecule has 0 amide bonds. The molecular formula is C18H31N3O2S2. The normalized spacial score (nSPS) is 25.8. The Morgan fingerprint density at radius 2 is 1.88 bits per heavy atom. The number of nitrogens with zero attached hydrogens (tertiary/aromatic N) is 3. The maximum absolute atomic E-state index is 12.6. The van der Waals surface area contributed by atoms with E-state index in [-0.39, 0.29) is 0 Å². The Balaban J connectivity index is 1.70. The van der Waals surface area contributed by atoms with E-state index in [1.807, 2.05) is 11.3 Å². The van der Waals surface area contributed by atoms with E-state index in [0.717, 1.165) is 32.4 Å². The van der Waals surface area contributed by atoms with Crippen LogP contribution in [0.4, 0.5) is 0 Å². The van der Waals surface area contributed by atoms with Gasteiger partial charge < -0.3 is 0 Å². The van der Waals surface area contributed by atoms with Gasteiger partial charge in [-0.25, -0.2) is 0 Å². The Morgan fingerprint density at radius 1 is 1.16 bits per heavy atom. The van der Waals surface area contributed by atoms with Crippen LogP contribution in [0.25, 0.3) is 0 Å². The topological polar surface area (TPSA) is 43.9 Å². The molecule has 7 heteroatoms. The van der Waals surface area contributed by atoms with Gasteiger partial charge in [-0.05, 0) is 43.2 Å². The molecule has 3 fully saturated rings. The molecular weight excluding hydrogens is 354 g/mol. The van der Waals surface area contributed by atoms with Gasteiger partial charge in [-0.3, -0.25) is 4.90 Å². The summed E-state index contributed by atoms with van der Waals surface area (Å²) in [6, 6.07) is 4.86. The highest BCUT2D eigenvalue weighted by atomic mass is 32.2. The SMILES string of the molecule is CC(C)Cc1ccc(CN2C[C@@H]3CC[C@H]2CN(S(=O)(=O)N(C)C)C3)s1. The van der Waals surface area contributed by atoms with Crippen LogP contribution in [0.15, 0.2) is 12.1 Å². The fraction of sp³-hybridized carbons (Fsp3) is 0.778. The van der Waals surface area contributed by atoms with Crippen LogP contribution in [-0.2, 0) is 23.2 Å². The maximum Gasteiger partial charge on any atom is 0.281 e. The van der Waals surface area contributed by atoms with E-state index in [1.54, 1.807) is 18.4 Å². The molecule has 0 N–H and O–H groups in total. The number of rotatable bonds is 6. The Labute approximate surface area is 156 Å². The van der Waals surface area contributed by atoms with Crippen molar-refractivity contribution in [3.63, 3.8) is 0 Å². The number of piperidine rings is 1. The predicted octanol–water partition coefficient (Wildman–Crippen LogP) is 2.65. The molecule has 5 nitrogen and oxygen atoms in total. The summed E-state index contributed by atoms with van der Waals surface area (Å²) in [7, 11) is -0.0586. The first-order valence-corrected chi connectivity index (χ1v) is 11.5. The zero-order chi connectivity index (χ0) is 18.2. The summed E-state index contributed by atoms with van der Waals surface area (Å²) in [6.45, 7) is 7.78. The summed E-state index contributed by atoms with van der Waals surface area (Å²) in [4.78, 5) is 5.39. The fourth-order valence-corrected chi connectivity index (χ4v) is 6.45. The van der Waals surface area contributed by atoms with E-state index in [9.17, 15) is 8.42 Å². The van der Waals surface area contributed by atoms with Crippen LogP contribution in [0.1, 0.15) is 36.4 Å². The molecule has 25 heavy (non-hydrogen) atoms. The lowest BCUT2D eigenvalue weighted by Gasteiger charge is -2.35. The Morgan fingerprint density at radius 3 is 2.56 bits per heavy atom. The van der Waals surface area contributed by atoms with E-state index in [2.05, 4.69) is 30.9 Å². The van der Waals surface area contributed by atoms with Crippen molar-refractivity contribution in [3.8, 4) is 0 Å². The summed E-state index contributed by atoms with van der Waals surface area (Å²) in [6.07, 6.45) is 3.39. The minimum absolute atomic E-state index is 0.337. The molecule has 2 bridgehead atoms. The molecule has 0 radical (unpaired) electrons. The molecule has 4 rings (SSSR count). The maximum atomic E-state index is 12.6. The van der Waals surface area contributed by atoms with Crippen LogP contribution in [0.2, 0.25) is 0 Å². The second-order valence-corrected chi connectivity index (χ2v) is 11.5. The van der Waals surface area contributed by atoms with Crippen LogP contribution in [-0.4, -0.2) is 61.7 Å². The molecule has 0 aliphatic carbocycles. The summed E-state index contributed by atoms with van der Waals surface area (Å²) >= 11 is 1.92. The molecule has 2 atom stereocenters. The average Bonchev–Trinajstić information content (AvgIpc) is 2.76. The average molecular weight is 386 g/mol. The minimum Gasteiger partial charge on any atom is -0.294 e. The van der Waals surface area contributed by atoms with E-state index >= 15 is 0 Å². The van der Waals surface area contributed by atoms with Gasteiger partial charge in [-0.15, -0.1) is 11.3 Å². The number of hydrogen-bond acceptors (Lipinski definition) is 4. The van der Waals surface area contributed by atoms with Gasteiger partial charge in [0.15, 0.2) is 0 Å². The smallest absolute Gasteiger partial charge is 0.281 e. The van der Waals surface area contributed by atoms with Crippen molar-refractivity contribution < 1.29 is 8.42 Å². The summed E-state index contributed by atoms with van der Waals surface area (Å²) < 4.78 is 28.2. The van der Waals surface area contributed by atoms with Gasteiger partial charge >= 0.3 is 0 Å². The Bertz CT molecular complexity index is 684. The van der Waals surface area contributed by atoms with Crippen LogP contribution < -0.4 is 0 Å². The lowest BCUT2D eigenvalue weighted by Crippen LogP contribution is -2.45. The predicted molar refractivity (Wildman–Crippen MR) is 104 cm³/mol. The largest absolute Gasteiger partial charge is 0.294 e. The molecule has 3 aliphatic rings. The van der Waals surface area contributed by atoms with Crippen molar-refractivity contribution in [2.24, 2.45) is 11.8 Å². The lowest BCUT2D eigenvalue weighted by molar-refractivity contribution is 0.126. The van der Waals surface area contributed by atoms with Crippen LogP contribution >= 0.6 is 11.3 Å². The summed E-state index contributed by atoms with van der Waals surface area (Å²) in [5.41, 5.74) is 0. The quantitative estimate of drug-likeness (QED) is 0.756. The third-order valence-electron chi connectivity index (χ3n) is 5.27. The van der Waals surface area contributed by atoms with Gasteiger partial charge in [-0.1, -0.05) is 13.8 Å². The number of fused-ring (bicyclic) bond motifs is 4. The van der Waals surface area contributed by atoms with Gasteiger partial charge in [0, 0.05) is 56.1 Å². The highest BCUT2D eigenvalue weighted by molar-refractivity contribution is 7.86. The van der Waals surface area contributed by atoms with Crippen LogP contribution in [0.5, 0.6) is 0 Å². The van der Waals surface area contributed by atoms with Gasteiger partial charge in [0.2, 0.25) is 0 Å². The molecule has 0 unspecified atom stereocenters. The highest BCUT2D eigenvalue weighted by Crippen LogP contribution is 2.32. The monoisotopic (exact) mass is 385 g/mol. The van der Waals surface area contributed by atoms with E-state index in [1.165, 1.54) is 14.1 Å². The molecule has 4 heterocycles. The molecule has 1 aromatic rings. The van der Waals surface area contributed by atoms with Crippen molar-refractivity contribution in [2.75, 3.05) is 33.7 Å². The molecule has 0 aromatic carbocycles. The van der Waals surface area contributed by atoms with Gasteiger partial charge in [0.1, 0.15) is 0 Å². The van der Waals surface area contributed by atoms with Gasteiger partial charge in [0.25, 0.3) is 10.2 Å². The second kappa shape index (κ2) is 7.64. The summed E-state index contributed by atoms with van der Waals surface area (Å²) in [5.74, 6) is 1.13. The molecule has 3 saturated heterocycles. The second-order valence-electron chi connectivity index (χ2n) is 8.10. The van der Waals surface area contributed by atoms with Crippen molar-refractivity contribution in [3.05, 3.63) is 21.9 Å². The van der Waals surface area contributed by atoms with Gasteiger partial charge in [-0.2, -0.15) is 17.0 Å². The highest BCUT2D eigenvalue weighted by Gasteiger charge is 2.39. The molecule has 0 saturated carbocycles. The molecule has 0 spiro atoms. The molecule has 142 valence electrons. The molecule has 1 aromatic heterocycles. The standard InChI is InChI=1S/C18H31N3O2S2/c1-14(2)9-17-7-8-18(24-17)13-20-10-15-5-6-16(20)12-21(11-15)25(22,23)19(3)4/h7-8,14-16H,5-6,9-13H2,1-4H3/t15-,16-/m0/s1. The van der Waals surface area contributed by atoms with E-state index in [0.29, 0.717) is 31.0 Å². The van der Waals surface area contributed by atoms with Crippen molar-refractivity contribution in [2.45, 2.75) is 45.7 Å². The van der Waals surface area contributed by atoms with E-state index < -0.39 is 10.2 Å². The Hall–Kier alpha value is -0.470. The third-order valence-corrected chi connectivity index (χ3v) is 8.23. The fourth-order valence-electron chi connectivity index (χ4n) is 3.97. The van der Waals surface area contributed by atoms with Crippen molar-refractivity contribution in [1.29, 1.82) is 0 Å². The third kappa shape index (κ3) is 4.45. The van der Waals surface area contributed by atoms with E-state index in [4.69, 9.17) is 0 Å². The number of thiophene rings is 1. The van der Waals surface area contributed by atoms with Crippen LogP contribution in [0.3, 0.4) is 0 Å².